The molecule has 114 valence electrons. The van der Waals surface area contributed by atoms with Crippen LogP contribution >= 0.6 is 0 Å². The molecule has 22 heavy (non-hydrogen) atoms. The Labute approximate surface area is 128 Å². The number of ether oxygens (including phenoxy) is 3. The zero-order valence-corrected chi connectivity index (χ0v) is 12.3. The van der Waals surface area contributed by atoms with Crippen LogP contribution in [0.15, 0.2) is 30.3 Å². The molecule has 0 atom stereocenters. The van der Waals surface area contributed by atoms with Crippen molar-refractivity contribution in [2.45, 2.75) is 0 Å². The molecule has 1 aliphatic rings. The number of phenolic OH excluding ortho intramolecular Hbond substituents is 2. The third kappa shape index (κ3) is 2.41. The van der Waals surface area contributed by atoms with E-state index in [4.69, 9.17) is 14.2 Å². The average Bonchev–Trinajstić information content (AvgIpc) is 2.54. The van der Waals surface area contributed by atoms with Gasteiger partial charge in [-0.05, 0) is 24.3 Å². The maximum atomic E-state index is 9.85. The van der Waals surface area contributed by atoms with Crippen LogP contribution in [0.4, 0.5) is 0 Å². The second kappa shape index (κ2) is 5.52. The number of rotatable bonds is 3. The number of hydrogen-bond acceptors (Lipinski definition) is 5. The lowest BCUT2D eigenvalue weighted by molar-refractivity contribution is 0.356. The first-order valence-corrected chi connectivity index (χ1v) is 6.74. The lowest BCUT2D eigenvalue weighted by Crippen LogP contribution is -2.07. The lowest BCUT2D eigenvalue weighted by Gasteiger charge is -2.20. The smallest absolute Gasteiger partial charge is 0.161 e. The van der Waals surface area contributed by atoms with Gasteiger partial charge in [0.05, 0.1) is 14.2 Å². The van der Waals surface area contributed by atoms with Gasteiger partial charge in [0.1, 0.15) is 23.9 Å². The molecule has 1 aliphatic heterocycles. The molecular formula is C17H16O5. The molecule has 5 heteroatoms. The third-order valence-corrected chi connectivity index (χ3v) is 3.56. The molecule has 0 aliphatic carbocycles. The van der Waals surface area contributed by atoms with E-state index >= 15 is 0 Å². The molecule has 2 N–H and O–H groups in total. The van der Waals surface area contributed by atoms with Gasteiger partial charge >= 0.3 is 0 Å². The van der Waals surface area contributed by atoms with Crippen molar-refractivity contribution < 1.29 is 24.4 Å². The minimum absolute atomic E-state index is 0.0192. The van der Waals surface area contributed by atoms with Crippen molar-refractivity contribution in [1.82, 2.24) is 0 Å². The highest BCUT2D eigenvalue weighted by Gasteiger charge is 2.19. The number of fused-ring (bicyclic) bond motifs is 1. The van der Waals surface area contributed by atoms with Gasteiger partial charge < -0.3 is 24.4 Å². The highest BCUT2D eigenvalue weighted by atomic mass is 16.5. The van der Waals surface area contributed by atoms with Crippen molar-refractivity contribution in [2.75, 3.05) is 20.8 Å². The molecule has 0 spiro atoms. The number of hydrogen-bond donors (Lipinski definition) is 2. The van der Waals surface area contributed by atoms with E-state index in [-0.39, 0.29) is 11.5 Å². The molecule has 0 unspecified atom stereocenters. The fourth-order valence-electron chi connectivity index (χ4n) is 2.44. The Morgan fingerprint density at radius 1 is 1.00 bits per heavy atom. The number of benzene rings is 2. The second-order valence-corrected chi connectivity index (χ2v) is 4.90. The van der Waals surface area contributed by atoms with Gasteiger partial charge in [-0.1, -0.05) is 0 Å². The van der Waals surface area contributed by atoms with Crippen molar-refractivity contribution in [2.24, 2.45) is 0 Å². The Morgan fingerprint density at radius 3 is 2.50 bits per heavy atom. The first-order valence-electron chi connectivity index (χ1n) is 6.74. The fourth-order valence-corrected chi connectivity index (χ4v) is 2.44. The van der Waals surface area contributed by atoms with Gasteiger partial charge in [0.2, 0.25) is 0 Å². The third-order valence-electron chi connectivity index (χ3n) is 3.56. The molecule has 1 heterocycles. The Kier molecular flexibility index (Phi) is 3.55. The number of aromatic hydroxyl groups is 2. The molecule has 0 saturated carbocycles. The summed E-state index contributed by atoms with van der Waals surface area (Å²) in [6.45, 7) is 0.334. The van der Waals surface area contributed by atoms with E-state index in [9.17, 15) is 10.2 Å². The molecule has 5 nitrogen and oxygen atoms in total. The van der Waals surface area contributed by atoms with Crippen molar-refractivity contribution in [3.05, 3.63) is 41.5 Å². The van der Waals surface area contributed by atoms with E-state index in [2.05, 4.69) is 0 Å². The summed E-state index contributed by atoms with van der Waals surface area (Å²) in [6, 6.07) is 8.21. The van der Waals surface area contributed by atoms with E-state index in [0.29, 0.717) is 23.9 Å². The van der Waals surface area contributed by atoms with Crippen LogP contribution in [0.2, 0.25) is 0 Å². The zero-order valence-electron chi connectivity index (χ0n) is 12.3. The summed E-state index contributed by atoms with van der Waals surface area (Å²) in [5, 5.41) is 19.3. The fraction of sp³-hybridized carbons (Fsp3) is 0.176. The summed E-state index contributed by atoms with van der Waals surface area (Å²) in [6.07, 6.45) is 1.96. The largest absolute Gasteiger partial charge is 0.508 e. The summed E-state index contributed by atoms with van der Waals surface area (Å²) < 4.78 is 16.2. The van der Waals surface area contributed by atoms with Crippen LogP contribution in [0.25, 0.3) is 11.6 Å². The van der Waals surface area contributed by atoms with Crippen molar-refractivity contribution in [3.8, 4) is 28.7 Å². The summed E-state index contributed by atoms with van der Waals surface area (Å²) >= 11 is 0. The predicted octanol–water partition coefficient (Wildman–Crippen LogP) is 3.05. The maximum absolute atomic E-state index is 9.85. The van der Waals surface area contributed by atoms with Gasteiger partial charge in [-0.25, -0.2) is 0 Å². The molecule has 2 aromatic carbocycles. The van der Waals surface area contributed by atoms with Crippen molar-refractivity contribution >= 4 is 11.6 Å². The topological polar surface area (TPSA) is 68.2 Å². The quantitative estimate of drug-likeness (QED) is 0.912. The summed E-state index contributed by atoms with van der Waals surface area (Å²) in [7, 11) is 3.04. The molecule has 0 saturated heterocycles. The normalized spacial score (nSPS) is 12.9. The van der Waals surface area contributed by atoms with E-state index in [1.165, 1.54) is 13.2 Å². The Bertz CT molecular complexity index is 749. The highest BCUT2D eigenvalue weighted by Crippen LogP contribution is 2.40. The standard InChI is InChI=1S/C17H16O5/c1-20-16-8-14(19)17(21-2)7-13(16)11-5-10-3-4-12(18)6-15(10)22-9-11/h3-8,18-19H,9H2,1-2H3. The van der Waals surface area contributed by atoms with E-state index in [1.807, 2.05) is 6.08 Å². The lowest BCUT2D eigenvalue weighted by atomic mass is 9.99. The predicted molar refractivity (Wildman–Crippen MR) is 82.7 cm³/mol. The SMILES string of the molecule is COc1cc(C2=Cc3ccc(O)cc3OC2)c(OC)cc1O. The van der Waals surface area contributed by atoms with Crippen LogP contribution < -0.4 is 14.2 Å². The molecule has 0 radical (unpaired) electrons. The van der Waals surface area contributed by atoms with Crippen LogP contribution in [-0.4, -0.2) is 31.0 Å². The Morgan fingerprint density at radius 2 is 1.77 bits per heavy atom. The van der Waals surface area contributed by atoms with E-state index in [0.717, 1.165) is 16.7 Å². The van der Waals surface area contributed by atoms with Crippen molar-refractivity contribution in [1.29, 1.82) is 0 Å². The highest BCUT2D eigenvalue weighted by molar-refractivity contribution is 5.88. The van der Waals surface area contributed by atoms with Crippen LogP contribution in [0.3, 0.4) is 0 Å². The summed E-state index contributed by atoms with van der Waals surface area (Å²) in [4.78, 5) is 0. The van der Waals surface area contributed by atoms with Crippen LogP contribution in [0.1, 0.15) is 11.1 Å². The van der Waals surface area contributed by atoms with Gasteiger partial charge in [0.15, 0.2) is 11.5 Å². The molecule has 2 aromatic rings. The van der Waals surface area contributed by atoms with Gasteiger partial charge in [-0.2, -0.15) is 0 Å². The minimum Gasteiger partial charge on any atom is -0.508 e. The summed E-state index contributed by atoms with van der Waals surface area (Å²) in [5.74, 6) is 1.72. The Hall–Kier alpha value is -2.82. The molecule has 0 aromatic heterocycles. The zero-order chi connectivity index (χ0) is 15.7. The average molecular weight is 300 g/mol. The molecular weight excluding hydrogens is 284 g/mol. The van der Waals surface area contributed by atoms with E-state index in [1.54, 1.807) is 31.4 Å². The Balaban J connectivity index is 2.10. The van der Waals surface area contributed by atoms with Gasteiger partial charge in [0, 0.05) is 28.8 Å². The molecule has 3 rings (SSSR count). The monoisotopic (exact) mass is 300 g/mol. The summed E-state index contributed by atoms with van der Waals surface area (Å²) in [5.41, 5.74) is 2.55. The number of methoxy groups -OCH3 is 2. The molecule has 0 bridgehead atoms. The van der Waals surface area contributed by atoms with Gasteiger partial charge in [-0.3, -0.25) is 0 Å². The van der Waals surface area contributed by atoms with Crippen LogP contribution in [0, 0.1) is 0 Å². The van der Waals surface area contributed by atoms with Gasteiger partial charge in [0.25, 0.3) is 0 Å². The molecule has 0 fully saturated rings. The minimum atomic E-state index is 0.0192. The molecule has 0 amide bonds. The van der Waals surface area contributed by atoms with Crippen molar-refractivity contribution in [3.63, 3.8) is 0 Å². The van der Waals surface area contributed by atoms with Gasteiger partial charge in [-0.15, -0.1) is 0 Å². The number of phenols is 2. The van der Waals surface area contributed by atoms with E-state index < -0.39 is 0 Å². The first-order chi connectivity index (χ1) is 10.6. The second-order valence-electron chi connectivity index (χ2n) is 4.90. The van der Waals surface area contributed by atoms with Crippen LogP contribution in [0.5, 0.6) is 28.7 Å². The first kappa shape index (κ1) is 14.1. The van der Waals surface area contributed by atoms with Crippen LogP contribution in [-0.2, 0) is 0 Å². The maximum Gasteiger partial charge on any atom is 0.161 e.